The first-order valence-corrected chi connectivity index (χ1v) is 9.74. The molecule has 0 saturated heterocycles. The molecule has 0 radical (unpaired) electrons. The molecular weight excluding hydrogens is 343 g/mol. The van der Waals surface area contributed by atoms with Crippen LogP contribution in [0.5, 0.6) is 0 Å². The van der Waals surface area contributed by atoms with Gasteiger partial charge in [-0.2, -0.15) is 0 Å². The highest BCUT2D eigenvalue weighted by Gasteiger charge is 2.16. The van der Waals surface area contributed by atoms with Crippen LogP contribution in [0.3, 0.4) is 0 Å². The van der Waals surface area contributed by atoms with E-state index in [1.165, 1.54) is 16.4 Å². The molecule has 0 unspecified atom stereocenters. The molecule has 2 aromatic rings. The number of hydrogen-bond donors (Lipinski definition) is 1. The minimum absolute atomic E-state index is 0.179. The number of sulfonamides is 1. The van der Waals surface area contributed by atoms with Gasteiger partial charge in [0.15, 0.2) is 0 Å². The van der Waals surface area contributed by atoms with Crippen molar-refractivity contribution in [2.75, 3.05) is 25.9 Å². The van der Waals surface area contributed by atoms with Crippen molar-refractivity contribution in [1.29, 1.82) is 0 Å². The Kier molecular flexibility index (Phi) is 6.66. The molecule has 0 aliphatic carbocycles. The van der Waals surface area contributed by atoms with E-state index in [-0.39, 0.29) is 31.4 Å². The Hall–Kier alpha value is -2.25. The highest BCUT2D eigenvalue weighted by atomic mass is 32.2. The molecule has 2 aromatic carbocycles. The predicted molar refractivity (Wildman–Crippen MR) is 95.3 cm³/mol. The summed E-state index contributed by atoms with van der Waals surface area (Å²) in [5.41, 5.74) is 1.38. The van der Waals surface area contributed by atoms with Crippen LogP contribution >= 0.6 is 0 Å². The summed E-state index contributed by atoms with van der Waals surface area (Å²) in [5.74, 6) is -0.570. The van der Waals surface area contributed by atoms with E-state index in [0.29, 0.717) is 12.0 Å². The van der Waals surface area contributed by atoms with E-state index in [2.05, 4.69) is 5.32 Å². The summed E-state index contributed by atoms with van der Waals surface area (Å²) in [5, 5.41) is 2.71. The van der Waals surface area contributed by atoms with E-state index < -0.39 is 10.0 Å². The second kappa shape index (κ2) is 8.73. The molecule has 0 heterocycles. The van der Waals surface area contributed by atoms with E-state index in [9.17, 15) is 17.6 Å². The van der Waals surface area contributed by atoms with Crippen molar-refractivity contribution in [2.24, 2.45) is 0 Å². The molecule has 134 valence electrons. The zero-order chi connectivity index (χ0) is 18.3. The first-order chi connectivity index (χ1) is 11.9. The third kappa shape index (κ3) is 6.28. The first kappa shape index (κ1) is 19.1. The van der Waals surface area contributed by atoms with Gasteiger partial charge in [-0.15, -0.1) is 0 Å². The zero-order valence-corrected chi connectivity index (χ0v) is 14.8. The third-order valence-corrected chi connectivity index (χ3v) is 5.02. The maximum Gasteiger partial charge on any atom is 0.251 e. The Morgan fingerprint density at radius 2 is 1.68 bits per heavy atom. The standard InChI is InChI=1S/C18H21FN2O3S/c1-25(23,24)21(13-11-15-7-9-17(19)10-8-15)14-12-20-18(22)16-5-3-2-4-6-16/h2-10H,11-14H2,1H3,(H,20,22). The van der Waals surface area contributed by atoms with Crippen LogP contribution in [0, 0.1) is 5.82 Å². The number of rotatable bonds is 8. The van der Waals surface area contributed by atoms with E-state index in [4.69, 9.17) is 0 Å². The van der Waals surface area contributed by atoms with Gasteiger partial charge in [0, 0.05) is 25.2 Å². The van der Waals surface area contributed by atoms with Crippen LogP contribution in [0.25, 0.3) is 0 Å². The number of carbonyl (C=O) groups is 1. The lowest BCUT2D eigenvalue weighted by Crippen LogP contribution is -2.39. The van der Waals surface area contributed by atoms with Gasteiger partial charge >= 0.3 is 0 Å². The molecule has 0 saturated carbocycles. The zero-order valence-electron chi connectivity index (χ0n) is 14.0. The fourth-order valence-corrected chi connectivity index (χ4v) is 3.18. The van der Waals surface area contributed by atoms with Crippen LogP contribution in [0.1, 0.15) is 15.9 Å². The molecule has 0 fully saturated rings. The number of hydrogen-bond acceptors (Lipinski definition) is 3. The maximum absolute atomic E-state index is 12.9. The van der Waals surface area contributed by atoms with E-state index in [1.54, 1.807) is 36.4 Å². The Balaban J connectivity index is 1.88. The van der Waals surface area contributed by atoms with Crippen LogP contribution in [0.2, 0.25) is 0 Å². The SMILES string of the molecule is CS(=O)(=O)N(CCNC(=O)c1ccccc1)CCc1ccc(F)cc1. The molecule has 0 aliphatic heterocycles. The molecule has 7 heteroatoms. The fourth-order valence-electron chi connectivity index (χ4n) is 2.33. The molecule has 1 amide bonds. The molecule has 1 N–H and O–H groups in total. The first-order valence-electron chi connectivity index (χ1n) is 7.89. The maximum atomic E-state index is 12.9. The Labute approximate surface area is 147 Å². The van der Waals surface area contributed by atoms with Gasteiger partial charge in [-0.25, -0.2) is 17.1 Å². The topological polar surface area (TPSA) is 66.5 Å². The molecule has 0 aromatic heterocycles. The summed E-state index contributed by atoms with van der Waals surface area (Å²) in [6.07, 6.45) is 1.61. The summed E-state index contributed by atoms with van der Waals surface area (Å²) in [7, 11) is -3.40. The number of halogens is 1. The van der Waals surface area contributed by atoms with Gasteiger partial charge in [0.05, 0.1) is 6.26 Å². The molecule has 0 atom stereocenters. The van der Waals surface area contributed by atoms with Crippen molar-refractivity contribution < 1.29 is 17.6 Å². The van der Waals surface area contributed by atoms with Crippen LogP contribution in [0.4, 0.5) is 4.39 Å². The summed E-state index contributed by atoms with van der Waals surface area (Å²) in [6.45, 7) is 0.661. The molecular formula is C18H21FN2O3S. The van der Waals surface area contributed by atoms with E-state index in [1.807, 2.05) is 6.07 Å². The third-order valence-electron chi connectivity index (χ3n) is 3.71. The summed E-state index contributed by atoms with van der Waals surface area (Å²) in [6, 6.07) is 14.7. The lowest BCUT2D eigenvalue weighted by Gasteiger charge is -2.20. The minimum Gasteiger partial charge on any atom is -0.351 e. The number of carbonyl (C=O) groups excluding carboxylic acids is 1. The molecule has 0 bridgehead atoms. The Bertz CT molecular complexity index is 793. The van der Waals surface area contributed by atoms with Gasteiger partial charge in [0.2, 0.25) is 10.0 Å². The second-order valence-corrected chi connectivity index (χ2v) is 7.64. The van der Waals surface area contributed by atoms with Gasteiger partial charge in [0.25, 0.3) is 5.91 Å². The predicted octanol–water partition coefficient (Wildman–Crippen LogP) is 2.06. The average Bonchev–Trinajstić information content (AvgIpc) is 2.59. The van der Waals surface area contributed by atoms with Crippen molar-refractivity contribution in [3.8, 4) is 0 Å². The number of amides is 1. The van der Waals surface area contributed by atoms with Crippen LogP contribution in [0.15, 0.2) is 54.6 Å². The van der Waals surface area contributed by atoms with Gasteiger partial charge in [-0.05, 0) is 36.2 Å². The summed E-state index contributed by atoms with van der Waals surface area (Å²) < 4.78 is 38.0. The van der Waals surface area contributed by atoms with Gasteiger partial charge in [0.1, 0.15) is 5.82 Å². The summed E-state index contributed by atoms with van der Waals surface area (Å²) >= 11 is 0. The highest BCUT2D eigenvalue weighted by molar-refractivity contribution is 7.88. The van der Waals surface area contributed by atoms with Gasteiger partial charge in [-0.3, -0.25) is 4.79 Å². The second-order valence-electron chi connectivity index (χ2n) is 5.66. The lowest BCUT2D eigenvalue weighted by molar-refractivity contribution is 0.0951. The number of benzene rings is 2. The molecule has 25 heavy (non-hydrogen) atoms. The normalized spacial score (nSPS) is 11.5. The van der Waals surface area contributed by atoms with Crippen molar-refractivity contribution in [1.82, 2.24) is 9.62 Å². The van der Waals surface area contributed by atoms with Crippen molar-refractivity contribution in [3.05, 3.63) is 71.5 Å². The van der Waals surface area contributed by atoms with Gasteiger partial charge < -0.3 is 5.32 Å². The van der Waals surface area contributed by atoms with E-state index >= 15 is 0 Å². The fraction of sp³-hybridized carbons (Fsp3) is 0.278. The average molecular weight is 364 g/mol. The highest BCUT2D eigenvalue weighted by Crippen LogP contribution is 2.06. The number of nitrogens with one attached hydrogen (secondary N) is 1. The van der Waals surface area contributed by atoms with E-state index in [0.717, 1.165) is 11.8 Å². The number of nitrogens with zero attached hydrogens (tertiary/aromatic N) is 1. The summed E-state index contributed by atoms with van der Waals surface area (Å²) in [4.78, 5) is 12.0. The monoisotopic (exact) mass is 364 g/mol. The van der Waals surface area contributed by atoms with Crippen molar-refractivity contribution >= 4 is 15.9 Å². The minimum atomic E-state index is -3.40. The van der Waals surface area contributed by atoms with Crippen LogP contribution in [-0.2, 0) is 16.4 Å². The molecule has 0 spiro atoms. The lowest BCUT2D eigenvalue weighted by atomic mass is 10.1. The Morgan fingerprint density at radius 1 is 1.04 bits per heavy atom. The smallest absolute Gasteiger partial charge is 0.251 e. The molecule has 2 rings (SSSR count). The Morgan fingerprint density at radius 3 is 2.28 bits per heavy atom. The van der Waals surface area contributed by atoms with Crippen LogP contribution < -0.4 is 5.32 Å². The van der Waals surface area contributed by atoms with Crippen LogP contribution in [-0.4, -0.2) is 44.5 Å². The quantitative estimate of drug-likeness (QED) is 0.780. The largest absolute Gasteiger partial charge is 0.351 e. The van der Waals surface area contributed by atoms with Crippen molar-refractivity contribution in [3.63, 3.8) is 0 Å². The molecule has 5 nitrogen and oxygen atoms in total. The van der Waals surface area contributed by atoms with Gasteiger partial charge in [-0.1, -0.05) is 30.3 Å². The van der Waals surface area contributed by atoms with Crippen molar-refractivity contribution in [2.45, 2.75) is 6.42 Å². The molecule has 0 aliphatic rings.